The molecule has 2 N–H and O–H groups in total. The molecule has 6 heteroatoms. The number of aryl methyl sites for hydroxylation is 1. The first-order valence-electron chi connectivity index (χ1n) is 9.63. The number of nitrogens with one attached hydrogen (secondary N) is 2. The summed E-state index contributed by atoms with van der Waals surface area (Å²) >= 11 is 0. The van der Waals surface area contributed by atoms with Gasteiger partial charge < -0.3 is 24.8 Å². The van der Waals surface area contributed by atoms with Gasteiger partial charge in [0.15, 0.2) is 18.1 Å². The van der Waals surface area contributed by atoms with Crippen molar-refractivity contribution in [1.29, 1.82) is 0 Å². The molecule has 6 nitrogen and oxygen atoms in total. The molecule has 3 rings (SSSR count). The van der Waals surface area contributed by atoms with Crippen molar-refractivity contribution in [3.05, 3.63) is 53.6 Å². The molecule has 0 spiro atoms. The second kappa shape index (κ2) is 10.1. The van der Waals surface area contributed by atoms with Gasteiger partial charge in [0, 0.05) is 30.9 Å². The van der Waals surface area contributed by atoms with E-state index in [2.05, 4.69) is 10.6 Å². The fourth-order valence-electron chi connectivity index (χ4n) is 3.17. The summed E-state index contributed by atoms with van der Waals surface area (Å²) in [4.78, 5) is 12.3. The molecule has 2 aromatic rings. The predicted octanol–water partition coefficient (Wildman–Crippen LogP) is 3.29. The van der Waals surface area contributed by atoms with Crippen molar-refractivity contribution in [2.45, 2.75) is 32.4 Å². The molecule has 1 aliphatic rings. The lowest BCUT2D eigenvalue weighted by Crippen LogP contribution is -2.26. The Balaban J connectivity index is 1.57. The Morgan fingerprint density at radius 3 is 2.75 bits per heavy atom. The third-order valence-electron chi connectivity index (χ3n) is 4.67. The molecular weight excluding hydrogens is 356 g/mol. The van der Waals surface area contributed by atoms with Crippen LogP contribution in [0.2, 0.25) is 0 Å². The third kappa shape index (κ3) is 5.71. The van der Waals surface area contributed by atoms with Crippen LogP contribution in [0.5, 0.6) is 11.5 Å². The lowest BCUT2D eigenvalue weighted by atomic mass is 10.1. The molecule has 2 aromatic carbocycles. The Hall–Kier alpha value is -2.57. The highest BCUT2D eigenvalue weighted by molar-refractivity contribution is 5.91. The smallest absolute Gasteiger partial charge is 0.262 e. The molecule has 150 valence electrons. The minimum absolute atomic E-state index is 0.0903. The van der Waals surface area contributed by atoms with E-state index in [1.807, 2.05) is 49.4 Å². The van der Waals surface area contributed by atoms with Gasteiger partial charge in [0.2, 0.25) is 0 Å². The van der Waals surface area contributed by atoms with Gasteiger partial charge in [-0.2, -0.15) is 0 Å². The van der Waals surface area contributed by atoms with Gasteiger partial charge in [0.25, 0.3) is 5.91 Å². The maximum absolute atomic E-state index is 12.3. The van der Waals surface area contributed by atoms with Crippen LogP contribution >= 0.6 is 0 Å². The van der Waals surface area contributed by atoms with E-state index in [9.17, 15) is 4.79 Å². The number of carbonyl (C=O) groups excluding carboxylic acids is 1. The minimum atomic E-state index is -0.215. The molecule has 1 saturated heterocycles. The SMILES string of the molecule is COc1cccc(CNC[C@H]2CCCO2)c1OCC(=O)Nc1ccc(C)cc1. The molecule has 1 amide bonds. The molecule has 1 atom stereocenters. The first-order chi connectivity index (χ1) is 13.7. The molecule has 0 aliphatic carbocycles. The highest BCUT2D eigenvalue weighted by Crippen LogP contribution is 2.31. The van der Waals surface area contributed by atoms with Gasteiger partial charge in [-0.15, -0.1) is 0 Å². The van der Waals surface area contributed by atoms with Crippen molar-refractivity contribution in [3.63, 3.8) is 0 Å². The lowest BCUT2D eigenvalue weighted by molar-refractivity contribution is -0.118. The van der Waals surface area contributed by atoms with Crippen molar-refractivity contribution in [1.82, 2.24) is 5.32 Å². The van der Waals surface area contributed by atoms with Crippen LogP contribution in [0, 0.1) is 6.92 Å². The second-order valence-electron chi connectivity index (χ2n) is 6.92. The Morgan fingerprint density at radius 1 is 1.21 bits per heavy atom. The molecule has 0 bridgehead atoms. The summed E-state index contributed by atoms with van der Waals surface area (Å²) in [6, 6.07) is 13.4. The minimum Gasteiger partial charge on any atom is -0.493 e. The average molecular weight is 384 g/mol. The molecule has 28 heavy (non-hydrogen) atoms. The van der Waals surface area contributed by atoms with Crippen molar-refractivity contribution >= 4 is 11.6 Å². The van der Waals surface area contributed by atoms with Crippen LogP contribution < -0.4 is 20.1 Å². The van der Waals surface area contributed by atoms with E-state index in [-0.39, 0.29) is 18.6 Å². The van der Waals surface area contributed by atoms with Crippen LogP contribution in [0.4, 0.5) is 5.69 Å². The van der Waals surface area contributed by atoms with Crippen LogP contribution in [0.1, 0.15) is 24.0 Å². The summed E-state index contributed by atoms with van der Waals surface area (Å²) in [6.07, 6.45) is 2.49. The number of amides is 1. The summed E-state index contributed by atoms with van der Waals surface area (Å²) in [5.74, 6) is 0.983. The van der Waals surface area contributed by atoms with Gasteiger partial charge in [-0.05, 0) is 38.0 Å². The van der Waals surface area contributed by atoms with Crippen molar-refractivity contribution in [2.75, 3.05) is 32.2 Å². The molecule has 0 saturated carbocycles. The van der Waals surface area contributed by atoms with Crippen LogP contribution in [0.3, 0.4) is 0 Å². The van der Waals surface area contributed by atoms with Gasteiger partial charge in [0.1, 0.15) is 0 Å². The maximum atomic E-state index is 12.3. The Labute approximate surface area is 166 Å². The van der Waals surface area contributed by atoms with E-state index in [1.54, 1.807) is 7.11 Å². The number of anilines is 1. The molecular formula is C22H28N2O4. The standard InChI is InChI=1S/C22H28N2O4/c1-16-8-10-18(11-9-16)24-21(25)15-28-22-17(5-3-7-20(22)26-2)13-23-14-19-6-4-12-27-19/h3,5,7-11,19,23H,4,6,12-15H2,1-2H3,(H,24,25)/t19-/m1/s1. The summed E-state index contributed by atoms with van der Waals surface area (Å²) in [6.45, 7) is 4.17. The number of para-hydroxylation sites is 1. The Bertz CT molecular complexity index is 771. The number of rotatable bonds is 9. The Morgan fingerprint density at radius 2 is 2.04 bits per heavy atom. The van der Waals surface area contributed by atoms with Crippen molar-refractivity contribution < 1.29 is 19.0 Å². The molecule has 0 radical (unpaired) electrons. The first-order valence-corrected chi connectivity index (χ1v) is 9.63. The number of ether oxygens (including phenoxy) is 3. The monoisotopic (exact) mass is 384 g/mol. The molecule has 1 fully saturated rings. The van der Waals surface area contributed by atoms with E-state index in [0.717, 1.165) is 42.8 Å². The lowest BCUT2D eigenvalue weighted by Gasteiger charge is -2.16. The number of hydrogen-bond donors (Lipinski definition) is 2. The predicted molar refractivity (Wildman–Crippen MR) is 109 cm³/mol. The number of benzene rings is 2. The maximum Gasteiger partial charge on any atom is 0.262 e. The van der Waals surface area contributed by atoms with Crippen molar-refractivity contribution in [3.8, 4) is 11.5 Å². The molecule has 0 aromatic heterocycles. The fourth-order valence-corrected chi connectivity index (χ4v) is 3.17. The van der Waals surface area contributed by atoms with Gasteiger partial charge in [-0.25, -0.2) is 0 Å². The van der Waals surface area contributed by atoms with Crippen LogP contribution in [-0.4, -0.2) is 38.9 Å². The summed E-state index contributed by atoms with van der Waals surface area (Å²) in [5, 5.41) is 6.25. The fraction of sp³-hybridized carbons (Fsp3) is 0.409. The normalized spacial score (nSPS) is 16.0. The van der Waals surface area contributed by atoms with Crippen LogP contribution in [-0.2, 0) is 16.1 Å². The number of hydrogen-bond acceptors (Lipinski definition) is 5. The third-order valence-corrected chi connectivity index (χ3v) is 4.67. The van der Waals surface area contributed by atoms with Gasteiger partial charge in [-0.3, -0.25) is 4.79 Å². The molecule has 1 aliphatic heterocycles. The van der Waals surface area contributed by atoms with E-state index in [1.165, 1.54) is 0 Å². The highest BCUT2D eigenvalue weighted by atomic mass is 16.5. The zero-order valence-corrected chi connectivity index (χ0v) is 16.5. The highest BCUT2D eigenvalue weighted by Gasteiger charge is 2.16. The topological polar surface area (TPSA) is 68.8 Å². The van der Waals surface area contributed by atoms with Gasteiger partial charge >= 0.3 is 0 Å². The molecule has 1 heterocycles. The second-order valence-corrected chi connectivity index (χ2v) is 6.92. The van der Waals surface area contributed by atoms with Crippen LogP contribution in [0.15, 0.2) is 42.5 Å². The summed E-state index contributed by atoms with van der Waals surface area (Å²) in [7, 11) is 1.60. The number of methoxy groups -OCH3 is 1. The van der Waals surface area contributed by atoms with E-state index in [4.69, 9.17) is 14.2 Å². The van der Waals surface area contributed by atoms with Gasteiger partial charge in [0.05, 0.1) is 13.2 Å². The molecule has 0 unspecified atom stereocenters. The quantitative estimate of drug-likeness (QED) is 0.694. The summed E-state index contributed by atoms with van der Waals surface area (Å²) in [5.41, 5.74) is 2.83. The Kier molecular flexibility index (Phi) is 7.28. The zero-order valence-electron chi connectivity index (χ0n) is 16.5. The average Bonchev–Trinajstić information content (AvgIpc) is 3.22. The first kappa shape index (κ1) is 20.2. The van der Waals surface area contributed by atoms with Crippen molar-refractivity contribution in [2.24, 2.45) is 0 Å². The largest absolute Gasteiger partial charge is 0.493 e. The van der Waals surface area contributed by atoms with E-state index in [0.29, 0.717) is 18.0 Å². The summed E-state index contributed by atoms with van der Waals surface area (Å²) < 4.78 is 16.9. The van der Waals surface area contributed by atoms with E-state index < -0.39 is 0 Å². The van der Waals surface area contributed by atoms with Gasteiger partial charge in [-0.1, -0.05) is 29.8 Å². The van der Waals surface area contributed by atoms with E-state index >= 15 is 0 Å². The number of carbonyl (C=O) groups is 1. The zero-order chi connectivity index (χ0) is 19.8. The van der Waals surface area contributed by atoms with Crippen LogP contribution in [0.25, 0.3) is 0 Å².